The molecule has 0 heterocycles. The summed E-state index contributed by atoms with van der Waals surface area (Å²) in [6, 6.07) is 11.8. The molecule has 0 radical (unpaired) electrons. The summed E-state index contributed by atoms with van der Waals surface area (Å²) in [7, 11) is 0. The number of aryl methyl sites for hydroxylation is 1. The molecule has 3 aromatic carbocycles. The molecule has 34 heavy (non-hydrogen) atoms. The quantitative estimate of drug-likeness (QED) is 0.201. The Labute approximate surface area is 194 Å². The molecule has 2 nitrogen and oxygen atoms in total. The molecule has 0 aliphatic carbocycles. The number of halogens is 6. The second-order valence-corrected chi connectivity index (χ2v) is 8.14. The Kier molecular flexibility index (Phi) is 8.33. The van der Waals surface area contributed by atoms with Gasteiger partial charge in [-0.25, -0.2) is 4.39 Å². The van der Waals surface area contributed by atoms with Crippen molar-refractivity contribution < 1.29 is 35.8 Å². The summed E-state index contributed by atoms with van der Waals surface area (Å²) < 4.78 is 90.2. The summed E-state index contributed by atoms with van der Waals surface area (Å²) in [5, 5.41) is 0.113. The maximum atomic E-state index is 14.7. The van der Waals surface area contributed by atoms with Crippen LogP contribution in [-0.2, 0) is 12.5 Å². The minimum absolute atomic E-state index is 0.0707. The molecule has 0 spiro atoms. The summed E-state index contributed by atoms with van der Waals surface area (Å²) >= 11 is 0. The normalized spacial score (nSPS) is 12.2. The fourth-order valence-electron chi connectivity index (χ4n) is 3.59. The summed E-state index contributed by atoms with van der Waals surface area (Å²) in [4.78, 5) is 0. The molecular weight excluding hydrogens is 458 g/mol. The molecule has 0 fully saturated rings. The fraction of sp³-hybridized carbons (Fsp3) is 0.385. The van der Waals surface area contributed by atoms with Crippen LogP contribution in [0.3, 0.4) is 0 Å². The molecule has 0 unspecified atom stereocenters. The molecule has 0 bridgehead atoms. The van der Waals surface area contributed by atoms with Crippen molar-refractivity contribution in [2.45, 2.75) is 57.7 Å². The van der Waals surface area contributed by atoms with Crippen LogP contribution in [0.25, 0.3) is 10.8 Å². The van der Waals surface area contributed by atoms with Crippen molar-refractivity contribution in [1.29, 1.82) is 0 Å². The lowest BCUT2D eigenvalue weighted by Crippen LogP contribution is -2.21. The third-order valence-corrected chi connectivity index (χ3v) is 5.39. The molecule has 0 aromatic heterocycles. The van der Waals surface area contributed by atoms with Gasteiger partial charge in [0.05, 0.1) is 5.56 Å². The predicted octanol–water partition coefficient (Wildman–Crippen LogP) is 8.56. The topological polar surface area (TPSA) is 18.5 Å². The third kappa shape index (κ3) is 7.05. The van der Waals surface area contributed by atoms with E-state index in [2.05, 4.69) is 11.7 Å². The third-order valence-electron chi connectivity index (χ3n) is 5.39. The molecule has 0 N–H and O–H groups in total. The average molecular weight is 484 g/mol. The zero-order chi connectivity index (χ0) is 24.8. The minimum atomic E-state index is -4.61. The highest BCUT2D eigenvalue weighted by atomic mass is 19.4. The first-order chi connectivity index (χ1) is 16.1. The first-order valence-electron chi connectivity index (χ1n) is 11.2. The number of unbranched alkanes of at least 4 members (excludes halogenated alkanes) is 4. The molecule has 0 aliphatic rings. The zero-order valence-electron chi connectivity index (χ0n) is 18.7. The van der Waals surface area contributed by atoms with Crippen LogP contribution in [0.4, 0.5) is 26.3 Å². The molecule has 0 atom stereocenters. The number of hydrogen-bond acceptors (Lipinski definition) is 2. The van der Waals surface area contributed by atoms with Crippen LogP contribution in [-0.4, -0.2) is 12.8 Å². The Hall–Kier alpha value is -2.90. The van der Waals surface area contributed by atoms with Crippen molar-refractivity contribution in [2.24, 2.45) is 0 Å². The van der Waals surface area contributed by atoms with Crippen LogP contribution in [0.5, 0.6) is 11.5 Å². The van der Waals surface area contributed by atoms with Crippen molar-refractivity contribution in [3.63, 3.8) is 0 Å². The van der Waals surface area contributed by atoms with E-state index in [1.807, 2.05) is 0 Å². The Morgan fingerprint density at radius 1 is 0.794 bits per heavy atom. The minimum Gasteiger partial charge on any atom is -0.481 e. The molecule has 0 saturated heterocycles. The van der Waals surface area contributed by atoms with Crippen LogP contribution < -0.4 is 9.47 Å². The SMILES string of the molecule is CCCCCCCc1ccc(C(F)(F)Oc2ccc3c(F)c(OCC(F)(F)F)ccc3c2)cc1. The predicted molar refractivity (Wildman–Crippen MR) is 119 cm³/mol. The highest BCUT2D eigenvalue weighted by molar-refractivity contribution is 5.86. The van der Waals surface area contributed by atoms with Gasteiger partial charge in [0.1, 0.15) is 5.75 Å². The molecule has 0 saturated carbocycles. The van der Waals surface area contributed by atoms with E-state index in [1.165, 1.54) is 30.7 Å². The van der Waals surface area contributed by atoms with Gasteiger partial charge in [0.25, 0.3) is 0 Å². The van der Waals surface area contributed by atoms with Crippen molar-refractivity contribution in [3.05, 3.63) is 71.5 Å². The van der Waals surface area contributed by atoms with Crippen molar-refractivity contribution >= 4 is 10.8 Å². The van der Waals surface area contributed by atoms with Crippen LogP contribution >= 0.6 is 0 Å². The van der Waals surface area contributed by atoms with Gasteiger partial charge in [0.2, 0.25) is 0 Å². The van der Waals surface area contributed by atoms with Gasteiger partial charge in [-0.15, -0.1) is 0 Å². The number of ether oxygens (including phenoxy) is 2. The Morgan fingerprint density at radius 2 is 1.50 bits per heavy atom. The monoisotopic (exact) mass is 484 g/mol. The zero-order valence-corrected chi connectivity index (χ0v) is 18.7. The van der Waals surface area contributed by atoms with Crippen molar-refractivity contribution in [1.82, 2.24) is 0 Å². The molecule has 8 heteroatoms. The van der Waals surface area contributed by atoms with Gasteiger partial charge in [0, 0.05) is 5.39 Å². The lowest BCUT2D eigenvalue weighted by Gasteiger charge is -2.19. The second kappa shape index (κ2) is 11.0. The standard InChI is InChI=1S/C26H26F6O2/c1-2-3-4-5-6-7-18-8-11-20(12-9-18)26(31,32)34-21-13-14-22-19(16-21)10-15-23(24(22)27)33-17-25(28,29)30/h8-16H,2-7,17H2,1H3. The van der Waals surface area contributed by atoms with Gasteiger partial charge in [-0.2, -0.15) is 22.0 Å². The Bertz CT molecular complexity index is 1080. The van der Waals surface area contributed by atoms with Crippen LogP contribution in [0.1, 0.15) is 50.2 Å². The lowest BCUT2D eigenvalue weighted by atomic mass is 10.0. The molecule has 0 aliphatic heterocycles. The van der Waals surface area contributed by atoms with E-state index in [-0.39, 0.29) is 22.1 Å². The Balaban J connectivity index is 1.67. The van der Waals surface area contributed by atoms with Crippen LogP contribution in [0, 0.1) is 5.82 Å². The van der Waals surface area contributed by atoms with Gasteiger partial charge < -0.3 is 9.47 Å². The molecule has 184 valence electrons. The molecular formula is C26H26F6O2. The summed E-state index contributed by atoms with van der Waals surface area (Å²) in [6.07, 6.45) is -1.79. The highest BCUT2D eigenvalue weighted by Crippen LogP contribution is 2.35. The summed E-state index contributed by atoms with van der Waals surface area (Å²) in [5.41, 5.74) is 0.658. The largest absolute Gasteiger partial charge is 0.481 e. The smallest absolute Gasteiger partial charge is 0.426 e. The Morgan fingerprint density at radius 3 is 2.18 bits per heavy atom. The fourth-order valence-corrected chi connectivity index (χ4v) is 3.59. The number of alkyl halides is 5. The van der Waals surface area contributed by atoms with E-state index >= 15 is 0 Å². The van der Waals surface area contributed by atoms with Crippen LogP contribution in [0.2, 0.25) is 0 Å². The number of hydrogen-bond donors (Lipinski definition) is 0. The van der Waals surface area contributed by atoms with Crippen LogP contribution in [0.15, 0.2) is 54.6 Å². The van der Waals surface area contributed by atoms with Gasteiger partial charge in [-0.3, -0.25) is 0 Å². The van der Waals surface area contributed by atoms with Gasteiger partial charge in [0.15, 0.2) is 18.2 Å². The van der Waals surface area contributed by atoms with Gasteiger partial charge >= 0.3 is 12.3 Å². The first kappa shape index (κ1) is 25.7. The maximum absolute atomic E-state index is 14.7. The molecule has 3 rings (SSSR count). The highest BCUT2D eigenvalue weighted by Gasteiger charge is 2.34. The van der Waals surface area contributed by atoms with E-state index in [9.17, 15) is 26.3 Å². The second-order valence-electron chi connectivity index (χ2n) is 8.14. The number of fused-ring (bicyclic) bond motifs is 1. The first-order valence-corrected chi connectivity index (χ1v) is 11.2. The number of benzene rings is 3. The van der Waals surface area contributed by atoms with E-state index in [1.54, 1.807) is 12.1 Å². The van der Waals surface area contributed by atoms with Gasteiger partial charge in [-0.05, 0) is 60.2 Å². The maximum Gasteiger partial charge on any atom is 0.426 e. The van der Waals surface area contributed by atoms with E-state index in [4.69, 9.17) is 4.74 Å². The average Bonchev–Trinajstić information content (AvgIpc) is 2.78. The van der Waals surface area contributed by atoms with E-state index in [0.29, 0.717) is 0 Å². The summed E-state index contributed by atoms with van der Waals surface area (Å²) in [6.45, 7) is 0.505. The number of rotatable bonds is 11. The molecule has 0 amide bonds. The summed E-state index contributed by atoms with van der Waals surface area (Å²) in [5.74, 6) is -1.79. The molecule has 3 aromatic rings. The van der Waals surface area contributed by atoms with E-state index in [0.717, 1.165) is 55.9 Å². The van der Waals surface area contributed by atoms with Gasteiger partial charge in [-0.1, -0.05) is 50.8 Å². The van der Waals surface area contributed by atoms with Crippen molar-refractivity contribution in [3.8, 4) is 11.5 Å². The lowest BCUT2D eigenvalue weighted by molar-refractivity contribution is -0.185. The van der Waals surface area contributed by atoms with E-state index < -0.39 is 30.5 Å². The van der Waals surface area contributed by atoms with Crippen molar-refractivity contribution in [2.75, 3.05) is 6.61 Å².